The zero-order valence-electron chi connectivity index (χ0n) is 8.20. The number of rotatable bonds is 1. The van der Waals surface area contributed by atoms with Crippen LogP contribution < -0.4 is 10.5 Å². The van der Waals surface area contributed by atoms with E-state index in [9.17, 15) is 0 Å². The first-order chi connectivity index (χ1) is 5.49. The Labute approximate surface area is 85.5 Å². The molecule has 0 aliphatic rings. The Hall–Kier alpha value is -0.890. The van der Waals surface area contributed by atoms with E-state index in [4.69, 9.17) is 10.5 Å². The van der Waals surface area contributed by atoms with E-state index in [2.05, 4.69) is 0 Å². The lowest BCUT2D eigenvalue weighted by atomic mass is 10.2. The first-order valence-electron chi connectivity index (χ1n) is 4.02. The largest absolute Gasteiger partial charge is 0.486 e. The molecule has 0 spiro atoms. The summed E-state index contributed by atoms with van der Waals surface area (Å²) in [4.78, 5) is 0. The standard InChI is InChI=1S/C10H15NO.ClH/c1-10(2,3)12-9-7-5-4-6-8(9)11;/h4-7H,11H2,1-3H3;1H. The van der Waals surface area contributed by atoms with Gasteiger partial charge in [0.15, 0.2) is 0 Å². The van der Waals surface area contributed by atoms with E-state index in [1.807, 2.05) is 45.0 Å². The van der Waals surface area contributed by atoms with E-state index in [1.165, 1.54) is 0 Å². The highest BCUT2D eigenvalue weighted by Crippen LogP contribution is 2.24. The molecule has 0 heterocycles. The fraction of sp³-hybridized carbons (Fsp3) is 0.400. The lowest BCUT2D eigenvalue weighted by molar-refractivity contribution is 0.132. The lowest BCUT2D eigenvalue weighted by Gasteiger charge is -2.22. The van der Waals surface area contributed by atoms with Crippen LogP contribution >= 0.6 is 12.4 Å². The van der Waals surface area contributed by atoms with Crippen LogP contribution in [0, 0.1) is 0 Å². The quantitative estimate of drug-likeness (QED) is 0.710. The Bertz CT molecular complexity index is 268. The fourth-order valence-electron chi connectivity index (χ4n) is 0.903. The second-order valence-electron chi connectivity index (χ2n) is 3.75. The maximum atomic E-state index is 5.70. The van der Waals surface area contributed by atoms with Gasteiger partial charge in [0.2, 0.25) is 0 Å². The molecule has 1 rings (SSSR count). The van der Waals surface area contributed by atoms with Crippen LogP contribution in [0.25, 0.3) is 0 Å². The van der Waals surface area contributed by atoms with E-state index >= 15 is 0 Å². The average molecular weight is 202 g/mol. The van der Waals surface area contributed by atoms with Gasteiger partial charge in [-0.05, 0) is 32.9 Å². The van der Waals surface area contributed by atoms with Gasteiger partial charge in [0.25, 0.3) is 0 Å². The van der Waals surface area contributed by atoms with Crippen molar-refractivity contribution in [2.24, 2.45) is 0 Å². The van der Waals surface area contributed by atoms with Gasteiger partial charge in [-0.2, -0.15) is 0 Å². The van der Waals surface area contributed by atoms with Crippen molar-refractivity contribution in [2.75, 3.05) is 5.73 Å². The predicted octanol–water partition coefficient (Wildman–Crippen LogP) is 2.87. The fourth-order valence-corrected chi connectivity index (χ4v) is 0.903. The molecule has 0 aliphatic heterocycles. The van der Waals surface area contributed by atoms with E-state index in [0.29, 0.717) is 5.69 Å². The second-order valence-corrected chi connectivity index (χ2v) is 3.75. The minimum absolute atomic E-state index is 0. The molecule has 0 bridgehead atoms. The van der Waals surface area contributed by atoms with Crippen molar-refractivity contribution in [2.45, 2.75) is 26.4 Å². The van der Waals surface area contributed by atoms with E-state index in [0.717, 1.165) is 5.75 Å². The number of anilines is 1. The van der Waals surface area contributed by atoms with Gasteiger partial charge in [0.1, 0.15) is 11.4 Å². The van der Waals surface area contributed by atoms with Crippen LogP contribution in [-0.2, 0) is 0 Å². The lowest BCUT2D eigenvalue weighted by Crippen LogP contribution is -2.23. The number of ether oxygens (including phenoxy) is 1. The molecular formula is C10H16ClNO. The molecule has 0 fully saturated rings. The number of halogens is 1. The van der Waals surface area contributed by atoms with Crippen LogP contribution in [0.2, 0.25) is 0 Å². The van der Waals surface area contributed by atoms with Crippen LogP contribution in [0.5, 0.6) is 5.75 Å². The number of hydrogen-bond donors (Lipinski definition) is 1. The minimum Gasteiger partial charge on any atom is -0.486 e. The van der Waals surface area contributed by atoms with E-state index < -0.39 is 0 Å². The third-order valence-electron chi connectivity index (χ3n) is 1.34. The molecule has 0 atom stereocenters. The molecule has 0 amide bonds. The van der Waals surface area contributed by atoms with Gasteiger partial charge >= 0.3 is 0 Å². The summed E-state index contributed by atoms with van der Waals surface area (Å²) >= 11 is 0. The summed E-state index contributed by atoms with van der Waals surface area (Å²) in [6.45, 7) is 6.00. The topological polar surface area (TPSA) is 35.2 Å². The van der Waals surface area contributed by atoms with E-state index in [1.54, 1.807) is 0 Å². The first-order valence-corrected chi connectivity index (χ1v) is 4.02. The molecule has 0 aromatic heterocycles. The molecule has 0 saturated heterocycles. The van der Waals surface area contributed by atoms with Crippen molar-refractivity contribution >= 4 is 18.1 Å². The molecule has 1 aromatic carbocycles. The molecular weight excluding hydrogens is 186 g/mol. The Morgan fingerprint density at radius 3 is 2.15 bits per heavy atom. The van der Waals surface area contributed by atoms with Gasteiger partial charge in [-0.3, -0.25) is 0 Å². The molecule has 2 N–H and O–H groups in total. The van der Waals surface area contributed by atoms with Crippen molar-refractivity contribution in [1.29, 1.82) is 0 Å². The molecule has 0 unspecified atom stereocenters. The summed E-state index contributed by atoms with van der Waals surface area (Å²) in [6.07, 6.45) is 0. The summed E-state index contributed by atoms with van der Waals surface area (Å²) in [7, 11) is 0. The number of benzene rings is 1. The number of nitrogens with two attached hydrogens (primary N) is 1. The number of para-hydroxylation sites is 2. The Morgan fingerprint density at radius 1 is 1.15 bits per heavy atom. The summed E-state index contributed by atoms with van der Waals surface area (Å²) in [5.74, 6) is 0.755. The van der Waals surface area contributed by atoms with Gasteiger partial charge < -0.3 is 10.5 Å². The molecule has 74 valence electrons. The first kappa shape index (κ1) is 12.1. The van der Waals surface area contributed by atoms with E-state index in [-0.39, 0.29) is 18.0 Å². The Kier molecular flexibility index (Phi) is 4.08. The monoisotopic (exact) mass is 201 g/mol. The van der Waals surface area contributed by atoms with Crippen LogP contribution in [-0.4, -0.2) is 5.60 Å². The Balaban J connectivity index is 0.00000144. The van der Waals surface area contributed by atoms with Crippen LogP contribution in [0.3, 0.4) is 0 Å². The second kappa shape index (κ2) is 4.38. The molecule has 1 aromatic rings. The number of hydrogen-bond acceptors (Lipinski definition) is 2. The predicted molar refractivity (Wildman–Crippen MR) is 58.5 cm³/mol. The SMILES string of the molecule is CC(C)(C)Oc1ccccc1N.Cl. The summed E-state index contributed by atoms with van der Waals surface area (Å²) in [6, 6.07) is 7.52. The summed E-state index contributed by atoms with van der Waals surface area (Å²) < 4.78 is 5.61. The maximum Gasteiger partial charge on any atom is 0.142 e. The minimum atomic E-state index is -0.185. The van der Waals surface area contributed by atoms with Crippen molar-refractivity contribution < 1.29 is 4.74 Å². The highest BCUT2D eigenvalue weighted by molar-refractivity contribution is 5.85. The van der Waals surface area contributed by atoms with Gasteiger partial charge in [-0.25, -0.2) is 0 Å². The smallest absolute Gasteiger partial charge is 0.142 e. The van der Waals surface area contributed by atoms with Gasteiger partial charge in [-0.15, -0.1) is 12.4 Å². The molecule has 13 heavy (non-hydrogen) atoms. The molecule has 0 saturated carbocycles. The average Bonchev–Trinajstić information content (AvgIpc) is 1.91. The van der Waals surface area contributed by atoms with Gasteiger partial charge in [0.05, 0.1) is 5.69 Å². The zero-order valence-corrected chi connectivity index (χ0v) is 9.02. The maximum absolute atomic E-state index is 5.70. The molecule has 2 nitrogen and oxygen atoms in total. The third kappa shape index (κ3) is 4.04. The third-order valence-corrected chi connectivity index (χ3v) is 1.34. The van der Waals surface area contributed by atoms with Crippen molar-refractivity contribution in [3.63, 3.8) is 0 Å². The van der Waals surface area contributed by atoms with Crippen molar-refractivity contribution in [3.8, 4) is 5.75 Å². The zero-order chi connectivity index (χ0) is 9.19. The normalized spacial score (nSPS) is 10.4. The van der Waals surface area contributed by atoms with Crippen LogP contribution in [0.15, 0.2) is 24.3 Å². The highest BCUT2D eigenvalue weighted by Gasteiger charge is 2.12. The van der Waals surface area contributed by atoms with Crippen LogP contribution in [0.4, 0.5) is 5.69 Å². The van der Waals surface area contributed by atoms with Gasteiger partial charge in [-0.1, -0.05) is 12.1 Å². The Morgan fingerprint density at radius 2 is 1.69 bits per heavy atom. The summed E-state index contributed by atoms with van der Waals surface area (Å²) in [5.41, 5.74) is 6.21. The molecule has 3 heteroatoms. The molecule has 0 radical (unpaired) electrons. The highest BCUT2D eigenvalue weighted by atomic mass is 35.5. The van der Waals surface area contributed by atoms with Gasteiger partial charge in [0, 0.05) is 0 Å². The van der Waals surface area contributed by atoms with Crippen molar-refractivity contribution in [3.05, 3.63) is 24.3 Å². The van der Waals surface area contributed by atoms with Crippen molar-refractivity contribution in [1.82, 2.24) is 0 Å². The van der Waals surface area contributed by atoms with Crippen LogP contribution in [0.1, 0.15) is 20.8 Å². The summed E-state index contributed by atoms with van der Waals surface area (Å²) in [5, 5.41) is 0. The number of nitrogen functional groups attached to an aromatic ring is 1. The molecule has 0 aliphatic carbocycles.